The Labute approximate surface area is 149 Å². The molecular weight excluding hydrogens is 328 g/mol. The lowest BCUT2D eigenvalue weighted by Crippen LogP contribution is -2.15. The molecule has 0 aliphatic carbocycles. The molecule has 0 radical (unpaired) electrons. The molecule has 0 aliphatic heterocycles. The van der Waals surface area contributed by atoms with E-state index in [1.807, 2.05) is 56.3 Å². The number of nitrogens with zero attached hydrogens (tertiary/aromatic N) is 4. The summed E-state index contributed by atoms with van der Waals surface area (Å²) in [7, 11) is 0. The summed E-state index contributed by atoms with van der Waals surface area (Å²) in [5, 5.41) is 15.6. The van der Waals surface area contributed by atoms with Gasteiger partial charge in [0.1, 0.15) is 6.33 Å². The lowest BCUT2D eigenvalue weighted by Gasteiger charge is -2.10. The van der Waals surface area contributed by atoms with Gasteiger partial charge in [-0.15, -0.1) is 5.10 Å². The number of aryl methyl sites for hydroxylation is 2. The molecule has 2 aromatic carbocycles. The predicted octanol–water partition coefficient (Wildman–Crippen LogP) is 2.73. The summed E-state index contributed by atoms with van der Waals surface area (Å²) in [6, 6.07) is 13.9. The van der Waals surface area contributed by atoms with Crippen LogP contribution in [0, 0.1) is 13.8 Å². The fourth-order valence-corrected chi connectivity index (χ4v) is 2.98. The van der Waals surface area contributed by atoms with Gasteiger partial charge in [-0.2, -0.15) is 0 Å². The molecule has 2 heterocycles. The summed E-state index contributed by atoms with van der Waals surface area (Å²) in [4.78, 5) is 15.3. The standard InChI is InChI=1S/C19H18N6O/c1-12-3-4-14-9-15(19(26)22-17(14)7-12)10-20-16-5-6-18(13(2)8-16)25-11-21-23-24-25/h3-9,11,20H,10H2,1-2H3,(H,22,26). The Kier molecular flexibility index (Phi) is 3.96. The predicted molar refractivity (Wildman–Crippen MR) is 101 cm³/mol. The number of rotatable bonds is 4. The van der Waals surface area contributed by atoms with E-state index < -0.39 is 0 Å². The monoisotopic (exact) mass is 346 g/mol. The van der Waals surface area contributed by atoms with Crippen LogP contribution in [-0.4, -0.2) is 25.2 Å². The number of aromatic amines is 1. The van der Waals surface area contributed by atoms with Gasteiger partial charge in [-0.3, -0.25) is 4.79 Å². The Bertz CT molecular complexity index is 1130. The van der Waals surface area contributed by atoms with Crippen molar-refractivity contribution >= 4 is 16.6 Å². The number of pyridine rings is 1. The van der Waals surface area contributed by atoms with Gasteiger partial charge in [-0.1, -0.05) is 12.1 Å². The van der Waals surface area contributed by atoms with Crippen LogP contribution in [-0.2, 0) is 6.54 Å². The van der Waals surface area contributed by atoms with Crippen LogP contribution in [0.4, 0.5) is 5.69 Å². The summed E-state index contributed by atoms with van der Waals surface area (Å²) < 4.78 is 1.62. The fourth-order valence-electron chi connectivity index (χ4n) is 2.98. The second kappa shape index (κ2) is 6.44. The Balaban J connectivity index is 1.56. The number of anilines is 1. The van der Waals surface area contributed by atoms with E-state index >= 15 is 0 Å². The van der Waals surface area contributed by atoms with E-state index in [9.17, 15) is 4.79 Å². The van der Waals surface area contributed by atoms with Crippen LogP contribution in [0.5, 0.6) is 0 Å². The summed E-state index contributed by atoms with van der Waals surface area (Å²) in [6.07, 6.45) is 1.56. The first-order chi connectivity index (χ1) is 12.6. The minimum absolute atomic E-state index is 0.0716. The Hall–Kier alpha value is -3.48. The molecule has 0 amide bonds. The van der Waals surface area contributed by atoms with Crippen molar-refractivity contribution in [2.45, 2.75) is 20.4 Å². The first-order valence-corrected chi connectivity index (χ1v) is 8.30. The van der Waals surface area contributed by atoms with Crippen molar-refractivity contribution in [3.05, 3.63) is 75.8 Å². The number of benzene rings is 2. The highest BCUT2D eigenvalue weighted by Gasteiger charge is 2.06. The molecule has 2 aromatic heterocycles. The number of nitrogens with one attached hydrogen (secondary N) is 2. The van der Waals surface area contributed by atoms with Crippen molar-refractivity contribution < 1.29 is 0 Å². The smallest absolute Gasteiger partial charge is 0.253 e. The molecule has 0 atom stereocenters. The quantitative estimate of drug-likeness (QED) is 0.593. The van der Waals surface area contributed by atoms with Gasteiger partial charge in [0.25, 0.3) is 5.56 Å². The number of H-pyrrole nitrogens is 1. The van der Waals surface area contributed by atoms with Crippen LogP contribution in [0.15, 0.2) is 53.6 Å². The average molecular weight is 346 g/mol. The van der Waals surface area contributed by atoms with Crippen LogP contribution in [0.3, 0.4) is 0 Å². The zero-order chi connectivity index (χ0) is 18.1. The minimum atomic E-state index is -0.0716. The molecule has 0 fully saturated rings. The van der Waals surface area contributed by atoms with Crippen molar-refractivity contribution in [2.24, 2.45) is 0 Å². The van der Waals surface area contributed by atoms with Gasteiger partial charge in [0.05, 0.1) is 5.69 Å². The van der Waals surface area contributed by atoms with Crippen LogP contribution in [0.2, 0.25) is 0 Å². The van der Waals surface area contributed by atoms with Crippen molar-refractivity contribution in [2.75, 3.05) is 5.32 Å². The van der Waals surface area contributed by atoms with Gasteiger partial charge >= 0.3 is 0 Å². The van der Waals surface area contributed by atoms with Crippen molar-refractivity contribution in [1.29, 1.82) is 0 Å². The number of hydrogen-bond donors (Lipinski definition) is 2. The molecule has 0 spiro atoms. The molecule has 0 aliphatic rings. The van der Waals surface area contributed by atoms with Crippen LogP contribution >= 0.6 is 0 Å². The minimum Gasteiger partial charge on any atom is -0.381 e. The summed E-state index contributed by atoms with van der Waals surface area (Å²) in [5.41, 5.74) is 5.49. The number of tetrazole rings is 1. The third kappa shape index (κ3) is 3.06. The normalized spacial score (nSPS) is 11.0. The van der Waals surface area contributed by atoms with E-state index in [-0.39, 0.29) is 5.56 Å². The molecule has 0 bridgehead atoms. The molecular formula is C19H18N6O. The maximum Gasteiger partial charge on any atom is 0.253 e. The highest BCUT2D eigenvalue weighted by atomic mass is 16.1. The molecule has 7 nitrogen and oxygen atoms in total. The average Bonchev–Trinajstić information content (AvgIpc) is 3.14. The Morgan fingerprint density at radius 2 is 2.00 bits per heavy atom. The molecule has 7 heteroatoms. The first kappa shape index (κ1) is 16.0. The molecule has 2 N–H and O–H groups in total. The zero-order valence-corrected chi connectivity index (χ0v) is 14.5. The van der Waals surface area contributed by atoms with Crippen LogP contribution in [0.25, 0.3) is 16.6 Å². The highest BCUT2D eigenvalue weighted by Crippen LogP contribution is 2.19. The molecule has 26 heavy (non-hydrogen) atoms. The maximum absolute atomic E-state index is 12.3. The van der Waals surface area contributed by atoms with E-state index in [2.05, 4.69) is 25.8 Å². The van der Waals surface area contributed by atoms with Crippen LogP contribution < -0.4 is 10.9 Å². The molecule has 4 rings (SSSR count). The molecule has 130 valence electrons. The van der Waals surface area contributed by atoms with Crippen molar-refractivity contribution in [1.82, 2.24) is 25.2 Å². The lowest BCUT2D eigenvalue weighted by molar-refractivity contribution is 0.785. The second-order valence-electron chi connectivity index (χ2n) is 6.32. The topological polar surface area (TPSA) is 88.5 Å². The second-order valence-corrected chi connectivity index (χ2v) is 6.32. The third-order valence-electron chi connectivity index (χ3n) is 4.35. The van der Waals surface area contributed by atoms with E-state index in [4.69, 9.17) is 0 Å². The van der Waals surface area contributed by atoms with Crippen LogP contribution in [0.1, 0.15) is 16.7 Å². The summed E-state index contributed by atoms with van der Waals surface area (Å²) in [6.45, 7) is 4.45. The summed E-state index contributed by atoms with van der Waals surface area (Å²) in [5.74, 6) is 0. The van der Waals surface area contributed by atoms with E-state index in [0.29, 0.717) is 12.1 Å². The van der Waals surface area contributed by atoms with Crippen molar-refractivity contribution in [3.63, 3.8) is 0 Å². The highest BCUT2D eigenvalue weighted by molar-refractivity contribution is 5.79. The van der Waals surface area contributed by atoms with E-state index in [1.54, 1.807) is 11.0 Å². The fraction of sp³-hybridized carbons (Fsp3) is 0.158. The van der Waals surface area contributed by atoms with Gasteiger partial charge in [0.2, 0.25) is 0 Å². The van der Waals surface area contributed by atoms with Gasteiger partial charge in [-0.05, 0) is 71.1 Å². The maximum atomic E-state index is 12.3. The third-order valence-corrected chi connectivity index (χ3v) is 4.35. The number of hydrogen-bond acceptors (Lipinski definition) is 5. The van der Waals surface area contributed by atoms with E-state index in [0.717, 1.165) is 33.4 Å². The van der Waals surface area contributed by atoms with Gasteiger partial charge in [0, 0.05) is 23.3 Å². The number of aromatic nitrogens is 5. The van der Waals surface area contributed by atoms with Crippen molar-refractivity contribution in [3.8, 4) is 5.69 Å². The molecule has 4 aromatic rings. The lowest BCUT2D eigenvalue weighted by atomic mass is 10.1. The molecule has 0 unspecified atom stereocenters. The van der Waals surface area contributed by atoms with Gasteiger partial charge in [0.15, 0.2) is 0 Å². The first-order valence-electron chi connectivity index (χ1n) is 8.30. The Morgan fingerprint density at radius 1 is 1.12 bits per heavy atom. The van der Waals surface area contributed by atoms with Gasteiger partial charge in [-0.25, -0.2) is 4.68 Å². The largest absolute Gasteiger partial charge is 0.381 e. The Morgan fingerprint density at radius 3 is 2.77 bits per heavy atom. The number of fused-ring (bicyclic) bond motifs is 1. The zero-order valence-electron chi connectivity index (χ0n) is 14.5. The van der Waals surface area contributed by atoms with Gasteiger partial charge < -0.3 is 10.3 Å². The SMILES string of the molecule is Cc1ccc2cc(CNc3ccc(-n4cnnn4)c(C)c3)c(=O)[nH]c2c1. The summed E-state index contributed by atoms with van der Waals surface area (Å²) >= 11 is 0. The van der Waals surface area contributed by atoms with E-state index in [1.165, 1.54) is 0 Å². The molecule has 0 saturated heterocycles. The molecule has 0 saturated carbocycles.